The van der Waals surface area contributed by atoms with Crippen LogP contribution in [0.4, 0.5) is 4.39 Å². The molecule has 0 heterocycles. The summed E-state index contributed by atoms with van der Waals surface area (Å²) in [7, 11) is 3.92. The SMILES string of the molecule is CN(C)CC(Cc1ccccc1)NC(=O)CCNC(=O)c1cc(F)ccc1Br. The number of nitrogens with zero attached hydrogens (tertiary/aromatic N) is 1. The van der Waals surface area contributed by atoms with Crippen LogP contribution < -0.4 is 10.6 Å². The van der Waals surface area contributed by atoms with Crippen LogP contribution >= 0.6 is 15.9 Å². The lowest BCUT2D eigenvalue weighted by Crippen LogP contribution is -2.44. The molecule has 1 unspecified atom stereocenters. The first kappa shape index (κ1) is 22.0. The lowest BCUT2D eigenvalue weighted by Gasteiger charge is -2.22. The standard InChI is InChI=1S/C21H25BrFN3O2/c1-26(2)14-17(12-15-6-4-3-5-7-15)25-20(27)10-11-24-21(28)18-13-16(23)8-9-19(18)22/h3-9,13,17H,10-12,14H2,1-2H3,(H,24,28)(H,25,27). The topological polar surface area (TPSA) is 61.4 Å². The first-order valence-electron chi connectivity index (χ1n) is 9.06. The second kappa shape index (κ2) is 10.9. The van der Waals surface area contributed by atoms with Gasteiger partial charge >= 0.3 is 0 Å². The Morgan fingerprint density at radius 1 is 1.14 bits per heavy atom. The van der Waals surface area contributed by atoms with E-state index in [4.69, 9.17) is 0 Å². The van der Waals surface area contributed by atoms with Crippen LogP contribution in [0.15, 0.2) is 53.0 Å². The van der Waals surface area contributed by atoms with Gasteiger partial charge in [0.1, 0.15) is 5.82 Å². The summed E-state index contributed by atoms with van der Waals surface area (Å²) >= 11 is 3.23. The Kier molecular flexibility index (Phi) is 8.60. The molecule has 0 spiro atoms. The average molecular weight is 450 g/mol. The summed E-state index contributed by atoms with van der Waals surface area (Å²) in [6.45, 7) is 0.886. The van der Waals surface area contributed by atoms with Gasteiger partial charge in [0.25, 0.3) is 5.91 Å². The number of nitrogens with one attached hydrogen (secondary N) is 2. The van der Waals surface area contributed by atoms with Gasteiger partial charge in [0.05, 0.1) is 5.56 Å². The minimum absolute atomic E-state index is 0.0297. The highest BCUT2D eigenvalue weighted by molar-refractivity contribution is 9.10. The third-order valence-electron chi connectivity index (χ3n) is 4.09. The van der Waals surface area contributed by atoms with Gasteiger partial charge in [-0.2, -0.15) is 0 Å². The van der Waals surface area contributed by atoms with Crippen LogP contribution in [0.25, 0.3) is 0 Å². The van der Waals surface area contributed by atoms with Crippen molar-refractivity contribution < 1.29 is 14.0 Å². The largest absolute Gasteiger partial charge is 0.352 e. The third-order valence-corrected chi connectivity index (χ3v) is 4.78. The second-order valence-corrected chi connectivity index (χ2v) is 7.70. The number of halogens is 2. The normalized spacial score (nSPS) is 11.9. The van der Waals surface area contributed by atoms with E-state index in [0.717, 1.165) is 18.1 Å². The van der Waals surface area contributed by atoms with Crippen LogP contribution in [0.3, 0.4) is 0 Å². The molecule has 0 aliphatic carbocycles. The monoisotopic (exact) mass is 449 g/mol. The molecule has 2 aromatic carbocycles. The summed E-state index contributed by atoms with van der Waals surface area (Å²) in [5.74, 6) is -1.05. The molecular weight excluding hydrogens is 425 g/mol. The van der Waals surface area contributed by atoms with Crippen molar-refractivity contribution in [3.63, 3.8) is 0 Å². The summed E-state index contributed by atoms with van der Waals surface area (Å²) in [5.41, 5.74) is 1.36. The van der Waals surface area contributed by atoms with Crippen molar-refractivity contribution in [1.29, 1.82) is 0 Å². The Hall–Kier alpha value is -2.25. The molecule has 0 fully saturated rings. The van der Waals surface area contributed by atoms with E-state index >= 15 is 0 Å². The minimum atomic E-state index is -0.487. The Morgan fingerprint density at radius 2 is 1.86 bits per heavy atom. The molecule has 0 aliphatic rings. The number of carbonyl (C=O) groups excluding carboxylic acids is 2. The Balaban J connectivity index is 1.84. The number of rotatable bonds is 9. The third kappa shape index (κ3) is 7.40. The quantitative estimate of drug-likeness (QED) is 0.618. The number of likely N-dealkylation sites (N-methyl/N-ethyl adjacent to an activating group) is 1. The molecule has 7 heteroatoms. The molecule has 0 aliphatic heterocycles. The molecule has 0 saturated heterocycles. The van der Waals surface area contributed by atoms with Gasteiger partial charge in [-0.05, 0) is 60.2 Å². The fourth-order valence-corrected chi connectivity index (χ4v) is 3.28. The Bertz CT molecular complexity index is 799. The van der Waals surface area contributed by atoms with Gasteiger partial charge in [0, 0.05) is 30.0 Å². The molecule has 0 aromatic heterocycles. The summed E-state index contributed by atoms with van der Waals surface area (Å²) in [6, 6.07) is 13.9. The average Bonchev–Trinajstić information content (AvgIpc) is 2.63. The van der Waals surface area contributed by atoms with Gasteiger partial charge in [0.15, 0.2) is 0 Å². The van der Waals surface area contributed by atoms with E-state index in [1.54, 1.807) is 0 Å². The molecule has 28 heavy (non-hydrogen) atoms. The van der Waals surface area contributed by atoms with Crippen molar-refractivity contribution in [2.75, 3.05) is 27.2 Å². The Labute approximate surface area is 173 Å². The lowest BCUT2D eigenvalue weighted by molar-refractivity contribution is -0.121. The second-order valence-electron chi connectivity index (χ2n) is 6.85. The lowest BCUT2D eigenvalue weighted by atomic mass is 10.1. The molecule has 2 amide bonds. The fourth-order valence-electron chi connectivity index (χ4n) is 2.86. The maximum absolute atomic E-state index is 13.3. The highest BCUT2D eigenvalue weighted by Crippen LogP contribution is 2.17. The van der Waals surface area contributed by atoms with Crippen LogP contribution in [0.5, 0.6) is 0 Å². The van der Waals surface area contributed by atoms with E-state index in [2.05, 4.69) is 26.6 Å². The first-order valence-corrected chi connectivity index (χ1v) is 9.85. The smallest absolute Gasteiger partial charge is 0.252 e. The van der Waals surface area contributed by atoms with Crippen molar-refractivity contribution in [2.24, 2.45) is 0 Å². The van der Waals surface area contributed by atoms with E-state index in [-0.39, 0.29) is 30.5 Å². The number of amides is 2. The van der Waals surface area contributed by atoms with Gasteiger partial charge in [-0.15, -0.1) is 0 Å². The molecule has 0 radical (unpaired) electrons. The summed E-state index contributed by atoms with van der Waals surface area (Å²) < 4.78 is 13.8. The Morgan fingerprint density at radius 3 is 2.54 bits per heavy atom. The van der Waals surface area contributed by atoms with E-state index in [1.807, 2.05) is 49.3 Å². The van der Waals surface area contributed by atoms with Crippen LogP contribution in [0.1, 0.15) is 22.3 Å². The minimum Gasteiger partial charge on any atom is -0.352 e. The summed E-state index contributed by atoms with van der Waals surface area (Å²) in [5, 5.41) is 5.68. The molecule has 0 bridgehead atoms. The van der Waals surface area contributed by atoms with E-state index < -0.39 is 11.7 Å². The maximum atomic E-state index is 13.3. The van der Waals surface area contributed by atoms with Gasteiger partial charge in [-0.3, -0.25) is 9.59 Å². The van der Waals surface area contributed by atoms with Crippen LogP contribution in [0.2, 0.25) is 0 Å². The van der Waals surface area contributed by atoms with Crippen molar-refractivity contribution in [2.45, 2.75) is 18.9 Å². The van der Waals surface area contributed by atoms with Gasteiger partial charge in [0.2, 0.25) is 5.91 Å². The zero-order valence-electron chi connectivity index (χ0n) is 16.0. The predicted octanol–water partition coefficient (Wildman–Crippen LogP) is 3.00. The van der Waals surface area contributed by atoms with E-state index in [1.165, 1.54) is 12.1 Å². The van der Waals surface area contributed by atoms with Crippen LogP contribution in [-0.4, -0.2) is 49.9 Å². The van der Waals surface area contributed by atoms with Crippen LogP contribution in [0, 0.1) is 5.82 Å². The molecule has 150 valence electrons. The zero-order valence-corrected chi connectivity index (χ0v) is 17.6. The molecular formula is C21H25BrFN3O2. The molecule has 1 atom stereocenters. The van der Waals surface area contributed by atoms with Gasteiger partial charge in [-0.1, -0.05) is 30.3 Å². The van der Waals surface area contributed by atoms with E-state index in [0.29, 0.717) is 11.0 Å². The summed E-state index contributed by atoms with van der Waals surface area (Å²) in [4.78, 5) is 26.5. The molecule has 2 aromatic rings. The van der Waals surface area contributed by atoms with Crippen molar-refractivity contribution in [1.82, 2.24) is 15.5 Å². The zero-order chi connectivity index (χ0) is 20.5. The van der Waals surface area contributed by atoms with Crippen LogP contribution in [-0.2, 0) is 11.2 Å². The van der Waals surface area contributed by atoms with Gasteiger partial charge < -0.3 is 15.5 Å². The summed E-state index contributed by atoms with van der Waals surface area (Å²) in [6.07, 6.45) is 0.880. The molecule has 2 N–H and O–H groups in total. The number of carbonyl (C=O) groups is 2. The number of hydrogen-bond donors (Lipinski definition) is 2. The highest BCUT2D eigenvalue weighted by Gasteiger charge is 2.15. The molecule has 2 rings (SSSR count). The van der Waals surface area contributed by atoms with Gasteiger partial charge in [-0.25, -0.2) is 4.39 Å². The van der Waals surface area contributed by atoms with Crippen molar-refractivity contribution in [3.8, 4) is 0 Å². The predicted molar refractivity (Wildman–Crippen MR) is 112 cm³/mol. The van der Waals surface area contributed by atoms with Crippen molar-refractivity contribution >= 4 is 27.7 Å². The van der Waals surface area contributed by atoms with Crippen molar-refractivity contribution in [3.05, 3.63) is 69.9 Å². The first-order chi connectivity index (χ1) is 13.3. The molecule has 5 nitrogen and oxygen atoms in total. The molecule has 0 saturated carbocycles. The maximum Gasteiger partial charge on any atom is 0.252 e. The highest BCUT2D eigenvalue weighted by atomic mass is 79.9. The number of hydrogen-bond acceptors (Lipinski definition) is 3. The van der Waals surface area contributed by atoms with E-state index in [9.17, 15) is 14.0 Å². The fraction of sp³-hybridized carbons (Fsp3) is 0.333. The number of benzene rings is 2.